The molecular weight excluding hydrogens is 356 g/mol. The van der Waals surface area contributed by atoms with Gasteiger partial charge in [0.15, 0.2) is 6.61 Å². The lowest BCUT2D eigenvalue weighted by Crippen LogP contribution is -2.47. The monoisotopic (exact) mass is 384 g/mol. The first-order valence-electron chi connectivity index (χ1n) is 10.3. The highest BCUT2D eigenvalue weighted by Gasteiger charge is 2.51. The van der Waals surface area contributed by atoms with Crippen molar-refractivity contribution in [2.24, 2.45) is 23.2 Å². The van der Waals surface area contributed by atoms with Gasteiger partial charge in [0, 0.05) is 6.54 Å². The second kappa shape index (κ2) is 7.94. The molecule has 0 saturated heterocycles. The third-order valence-electron chi connectivity index (χ3n) is 6.60. The summed E-state index contributed by atoms with van der Waals surface area (Å²) in [5.74, 6) is 1.40. The van der Waals surface area contributed by atoms with Gasteiger partial charge in [-0.25, -0.2) is 4.79 Å². The molecule has 0 aliphatic heterocycles. The van der Waals surface area contributed by atoms with Crippen LogP contribution in [-0.4, -0.2) is 24.5 Å². The average Bonchev–Trinajstić information content (AvgIpc) is 2.64. The number of imide groups is 1. The minimum Gasteiger partial charge on any atom is -0.456 e. The topological polar surface area (TPSA) is 84.5 Å². The molecule has 1 aromatic carbocycles. The molecule has 0 heterocycles. The van der Waals surface area contributed by atoms with Crippen molar-refractivity contribution in [3.05, 3.63) is 35.9 Å². The molecular formula is C22H28N2O4. The summed E-state index contributed by atoms with van der Waals surface area (Å²) in [5.41, 5.74) is 1.03. The number of benzene rings is 1. The number of ether oxygens (including phenoxy) is 1. The van der Waals surface area contributed by atoms with Gasteiger partial charge >= 0.3 is 12.0 Å². The fourth-order valence-corrected chi connectivity index (χ4v) is 5.99. The normalized spacial score (nSPS) is 29.9. The molecule has 3 amide bonds. The Kier molecular flexibility index (Phi) is 5.38. The van der Waals surface area contributed by atoms with Crippen LogP contribution in [0, 0.1) is 23.2 Å². The second-order valence-corrected chi connectivity index (χ2v) is 8.97. The second-order valence-electron chi connectivity index (χ2n) is 8.97. The van der Waals surface area contributed by atoms with E-state index in [1.54, 1.807) is 0 Å². The average molecular weight is 384 g/mol. The maximum Gasteiger partial charge on any atom is 0.321 e. The Morgan fingerprint density at radius 1 is 0.964 bits per heavy atom. The van der Waals surface area contributed by atoms with E-state index in [-0.39, 0.29) is 11.4 Å². The van der Waals surface area contributed by atoms with E-state index < -0.39 is 18.5 Å². The zero-order chi connectivity index (χ0) is 19.6. The Labute approximate surface area is 165 Å². The molecule has 0 radical (unpaired) electrons. The van der Waals surface area contributed by atoms with Crippen molar-refractivity contribution in [1.82, 2.24) is 10.6 Å². The van der Waals surface area contributed by atoms with E-state index >= 15 is 0 Å². The zero-order valence-corrected chi connectivity index (χ0v) is 16.1. The molecule has 28 heavy (non-hydrogen) atoms. The van der Waals surface area contributed by atoms with Gasteiger partial charge in [0.05, 0.1) is 6.42 Å². The molecule has 0 atom stereocenters. The molecule has 4 saturated carbocycles. The molecule has 4 bridgehead atoms. The minimum absolute atomic E-state index is 0.0926. The van der Waals surface area contributed by atoms with Crippen molar-refractivity contribution in [3.8, 4) is 0 Å². The van der Waals surface area contributed by atoms with Crippen molar-refractivity contribution < 1.29 is 19.1 Å². The first kappa shape index (κ1) is 19.0. The SMILES string of the molecule is O=C(COC(=O)CC12CC3CC(CC(C3)C1)C2)NC(=O)NCc1ccccc1. The van der Waals surface area contributed by atoms with Gasteiger partial charge in [-0.2, -0.15) is 0 Å². The Morgan fingerprint density at radius 3 is 2.18 bits per heavy atom. The molecule has 5 rings (SSSR count). The highest BCUT2D eigenvalue weighted by Crippen LogP contribution is 2.61. The standard InChI is InChI=1S/C22H28N2O4/c25-19(24-21(27)23-13-15-4-2-1-3-5-15)14-28-20(26)12-22-9-16-6-17(10-22)8-18(7-16)11-22/h1-5,16-18H,6-14H2,(H2,23,24,25,27). The summed E-state index contributed by atoms with van der Waals surface area (Å²) in [6.07, 6.45) is 7.77. The maximum atomic E-state index is 12.3. The third-order valence-corrected chi connectivity index (χ3v) is 6.60. The van der Waals surface area contributed by atoms with Crippen molar-refractivity contribution in [2.75, 3.05) is 6.61 Å². The molecule has 1 aromatic rings. The van der Waals surface area contributed by atoms with E-state index in [4.69, 9.17) is 4.74 Å². The van der Waals surface area contributed by atoms with Crippen LogP contribution in [0.25, 0.3) is 0 Å². The van der Waals surface area contributed by atoms with Gasteiger partial charge in [-0.1, -0.05) is 30.3 Å². The molecule has 4 aliphatic rings. The number of carbonyl (C=O) groups is 3. The Morgan fingerprint density at radius 2 is 1.57 bits per heavy atom. The summed E-state index contributed by atoms with van der Waals surface area (Å²) in [5, 5.41) is 4.81. The number of amides is 3. The van der Waals surface area contributed by atoms with Crippen LogP contribution in [0.3, 0.4) is 0 Å². The summed E-state index contributed by atoms with van der Waals surface area (Å²) < 4.78 is 5.18. The van der Waals surface area contributed by atoms with Crippen LogP contribution >= 0.6 is 0 Å². The molecule has 0 aromatic heterocycles. The molecule has 6 heteroatoms. The van der Waals surface area contributed by atoms with Crippen LogP contribution in [0.4, 0.5) is 4.79 Å². The fourth-order valence-electron chi connectivity index (χ4n) is 5.99. The summed E-state index contributed by atoms with van der Waals surface area (Å²) in [6.45, 7) is -0.0876. The van der Waals surface area contributed by atoms with Crippen molar-refractivity contribution in [3.63, 3.8) is 0 Å². The Bertz CT molecular complexity index is 711. The smallest absolute Gasteiger partial charge is 0.321 e. The molecule has 4 aliphatic carbocycles. The van der Waals surface area contributed by atoms with Crippen LogP contribution in [0.2, 0.25) is 0 Å². The van der Waals surface area contributed by atoms with Gasteiger partial charge in [0.2, 0.25) is 0 Å². The van der Waals surface area contributed by atoms with Crippen LogP contribution in [0.1, 0.15) is 50.5 Å². The van der Waals surface area contributed by atoms with Crippen LogP contribution in [0.5, 0.6) is 0 Å². The molecule has 0 unspecified atom stereocenters. The molecule has 150 valence electrons. The van der Waals surface area contributed by atoms with Crippen molar-refractivity contribution in [1.29, 1.82) is 0 Å². The largest absolute Gasteiger partial charge is 0.456 e. The van der Waals surface area contributed by atoms with Gasteiger partial charge in [-0.15, -0.1) is 0 Å². The van der Waals surface area contributed by atoms with E-state index in [1.807, 2.05) is 30.3 Å². The van der Waals surface area contributed by atoms with Gasteiger partial charge in [0.1, 0.15) is 0 Å². The lowest BCUT2D eigenvalue weighted by molar-refractivity contribution is -0.155. The van der Waals surface area contributed by atoms with E-state index in [0.29, 0.717) is 13.0 Å². The first-order valence-corrected chi connectivity index (χ1v) is 10.3. The van der Waals surface area contributed by atoms with Gasteiger partial charge < -0.3 is 10.1 Å². The number of urea groups is 1. The highest BCUT2D eigenvalue weighted by molar-refractivity contribution is 5.95. The number of hydrogen-bond acceptors (Lipinski definition) is 4. The molecule has 0 spiro atoms. The number of carbonyl (C=O) groups excluding carboxylic acids is 3. The molecule has 6 nitrogen and oxygen atoms in total. The van der Waals surface area contributed by atoms with E-state index in [2.05, 4.69) is 10.6 Å². The van der Waals surface area contributed by atoms with Crippen molar-refractivity contribution >= 4 is 17.9 Å². The summed E-state index contributed by atoms with van der Waals surface area (Å²) in [4.78, 5) is 36.0. The zero-order valence-electron chi connectivity index (χ0n) is 16.1. The van der Waals surface area contributed by atoms with Gasteiger partial charge in [-0.05, 0) is 67.3 Å². The predicted molar refractivity (Wildman–Crippen MR) is 103 cm³/mol. The molecule has 4 fully saturated rings. The fraction of sp³-hybridized carbons (Fsp3) is 0.591. The molecule has 2 N–H and O–H groups in total. The lowest BCUT2D eigenvalue weighted by atomic mass is 9.49. The Balaban J connectivity index is 1.17. The third kappa shape index (κ3) is 4.54. The van der Waals surface area contributed by atoms with Crippen LogP contribution in [0.15, 0.2) is 30.3 Å². The summed E-state index contributed by atoms with van der Waals surface area (Å²) >= 11 is 0. The predicted octanol–water partition coefficient (Wildman–Crippen LogP) is 3.16. The van der Waals surface area contributed by atoms with Gasteiger partial charge in [0.25, 0.3) is 5.91 Å². The first-order chi connectivity index (χ1) is 13.5. The minimum atomic E-state index is -0.607. The maximum absolute atomic E-state index is 12.3. The number of esters is 1. The van der Waals surface area contributed by atoms with Crippen molar-refractivity contribution in [2.45, 2.75) is 51.5 Å². The van der Waals surface area contributed by atoms with E-state index in [1.165, 1.54) is 19.3 Å². The number of nitrogens with one attached hydrogen (secondary N) is 2. The van der Waals surface area contributed by atoms with Crippen LogP contribution < -0.4 is 10.6 Å². The quantitative estimate of drug-likeness (QED) is 0.738. The van der Waals surface area contributed by atoms with Crippen LogP contribution in [-0.2, 0) is 20.9 Å². The highest BCUT2D eigenvalue weighted by atomic mass is 16.5. The summed E-state index contributed by atoms with van der Waals surface area (Å²) in [6, 6.07) is 8.83. The van der Waals surface area contributed by atoms with E-state index in [0.717, 1.165) is 42.6 Å². The number of rotatable bonds is 6. The van der Waals surface area contributed by atoms with E-state index in [9.17, 15) is 14.4 Å². The number of hydrogen-bond donors (Lipinski definition) is 2. The van der Waals surface area contributed by atoms with Gasteiger partial charge in [-0.3, -0.25) is 14.9 Å². The lowest BCUT2D eigenvalue weighted by Gasteiger charge is -2.56. The Hall–Kier alpha value is -2.37. The summed E-state index contributed by atoms with van der Waals surface area (Å²) in [7, 11) is 0.